The first-order valence-corrected chi connectivity index (χ1v) is 11.8. The summed E-state index contributed by atoms with van der Waals surface area (Å²) in [7, 11) is 1.87. The van der Waals surface area contributed by atoms with Crippen molar-refractivity contribution in [2.75, 3.05) is 42.3 Å². The lowest BCUT2D eigenvalue weighted by atomic mass is 10.1. The first-order chi connectivity index (χ1) is 15.5. The number of thioether (sulfide) groups is 1. The third kappa shape index (κ3) is 4.66. The number of hydrogen-bond acceptors (Lipinski definition) is 7. The fourth-order valence-electron chi connectivity index (χ4n) is 3.73. The zero-order valence-electron chi connectivity index (χ0n) is 19.0. The number of amides is 1. The predicted molar refractivity (Wildman–Crippen MR) is 126 cm³/mol. The topological polar surface area (TPSA) is 90.1 Å². The molecule has 0 saturated carbocycles. The quantitative estimate of drug-likeness (QED) is 0.548. The Balaban J connectivity index is 1.57. The maximum atomic E-state index is 12.7. The van der Waals surface area contributed by atoms with Crippen molar-refractivity contribution < 1.29 is 9.53 Å². The summed E-state index contributed by atoms with van der Waals surface area (Å²) in [6.07, 6.45) is 0.942. The van der Waals surface area contributed by atoms with Gasteiger partial charge in [-0.05, 0) is 38.0 Å². The molecule has 1 saturated heterocycles. The molecular formula is C22H29N7O2S. The Kier molecular flexibility index (Phi) is 6.80. The summed E-state index contributed by atoms with van der Waals surface area (Å²) in [6.45, 7) is 8.81. The molecule has 4 rings (SSSR count). The van der Waals surface area contributed by atoms with Crippen molar-refractivity contribution in [1.82, 2.24) is 24.5 Å². The molecule has 1 N–H and O–H groups in total. The van der Waals surface area contributed by atoms with Gasteiger partial charge >= 0.3 is 0 Å². The van der Waals surface area contributed by atoms with Gasteiger partial charge in [-0.15, -0.1) is 10.2 Å². The van der Waals surface area contributed by atoms with Gasteiger partial charge in [-0.2, -0.15) is 5.10 Å². The fourth-order valence-corrected chi connectivity index (χ4v) is 4.47. The van der Waals surface area contributed by atoms with E-state index in [0.29, 0.717) is 18.4 Å². The molecule has 3 aromatic rings. The molecule has 0 aliphatic carbocycles. The third-order valence-electron chi connectivity index (χ3n) is 5.59. The first kappa shape index (κ1) is 22.3. The van der Waals surface area contributed by atoms with Crippen molar-refractivity contribution in [3.05, 3.63) is 41.2 Å². The van der Waals surface area contributed by atoms with E-state index < -0.39 is 0 Å². The van der Waals surface area contributed by atoms with Gasteiger partial charge in [0.15, 0.2) is 5.16 Å². The SMILES string of the molecule is CCc1cccc(-n2c(SCC(=O)Nc3c(C)nn(C)c3C)nnc2N2CCOCC2)c1. The molecule has 1 amide bonds. The van der Waals surface area contributed by atoms with E-state index in [1.807, 2.05) is 31.5 Å². The van der Waals surface area contributed by atoms with Gasteiger partial charge in [0.25, 0.3) is 0 Å². The Morgan fingerprint density at radius 3 is 2.69 bits per heavy atom. The van der Waals surface area contributed by atoms with Gasteiger partial charge in [0.05, 0.1) is 41.7 Å². The van der Waals surface area contributed by atoms with Gasteiger partial charge in [0.1, 0.15) is 0 Å². The molecule has 1 aliphatic heterocycles. The van der Waals surface area contributed by atoms with Gasteiger partial charge in [0, 0.05) is 20.1 Å². The van der Waals surface area contributed by atoms with Crippen molar-refractivity contribution in [3.63, 3.8) is 0 Å². The van der Waals surface area contributed by atoms with Crippen LogP contribution in [0.25, 0.3) is 5.69 Å². The van der Waals surface area contributed by atoms with E-state index in [1.54, 1.807) is 4.68 Å². The van der Waals surface area contributed by atoms with Gasteiger partial charge in [-0.3, -0.25) is 14.0 Å². The molecule has 170 valence electrons. The molecule has 0 radical (unpaired) electrons. The Bertz CT molecular complexity index is 1100. The van der Waals surface area contributed by atoms with E-state index in [2.05, 4.69) is 50.6 Å². The van der Waals surface area contributed by atoms with E-state index >= 15 is 0 Å². The van der Waals surface area contributed by atoms with Crippen LogP contribution in [0.5, 0.6) is 0 Å². The molecular weight excluding hydrogens is 426 g/mol. The average molecular weight is 456 g/mol. The zero-order valence-corrected chi connectivity index (χ0v) is 19.8. The lowest BCUT2D eigenvalue weighted by molar-refractivity contribution is -0.113. The summed E-state index contributed by atoms with van der Waals surface area (Å²) < 4.78 is 9.32. The van der Waals surface area contributed by atoms with E-state index in [0.717, 1.165) is 48.2 Å². The van der Waals surface area contributed by atoms with E-state index in [4.69, 9.17) is 4.74 Å². The highest BCUT2D eigenvalue weighted by molar-refractivity contribution is 7.99. The molecule has 0 atom stereocenters. The molecule has 32 heavy (non-hydrogen) atoms. The van der Waals surface area contributed by atoms with Crippen LogP contribution in [0.4, 0.5) is 11.6 Å². The Morgan fingerprint density at radius 1 is 1.22 bits per heavy atom. The van der Waals surface area contributed by atoms with Crippen LogP contribution < -0.4 is 10.2 Å². The molecule has 2 aromatic heterocycles. The second-order valence-electron chi connectivity index (χ2n) is 7.75. The normalized spacial score (nSPS) is 14.1. The van der Waals surface area contributed by atoms with Gasteiger partial charge < -0.3 is 15.0 Å². The fraction of sp³-hybridized carbons (Fsp3) is 0.455. The van der Waals surface area contributed by atoms with Gasteiger partial charge in [0.2, 0.25) is 11.9 Å². The number of nitrogens with zero attached hydrogens (tertiary/aromatic N) is 6. The monoisotopic (exact) mass is 455 g/mol. The van der Waals surface area contributed by atoms with E-state index in [9.17, 15) is 4.79 Å². The number of aryl methyl sites for hydroxylation is 3. The van der Waals surface area contributed by atoms with Crippen LogP contribution in [0.15, 0.2) is 29.4 Å². The summed E-state index contributed by atoms with van der Waals surface area (Å²) in [5, 5.41) is 17.0. The molecule has 1 fully saturated rings. The Hall–Kier alpha value is -2.85. The predicted octanol–water partition coefficient (Wildman–Crippen LogP) is 2.75. The lowest BCUT2D eigenvalue weighted by Crippen LogP contribution is -2.37. The van der Waals surface area contributed by atoms with Crippen LogP contribution in [-0.2, 0) is 23.0 Å². The van der Waals surface area contributed by atoms with Crippen LogP contribution in [0.1, 0.15) is 23.9 Å². The average Bonchev–Trinajstić information content (AvgIpc) is 3.34. The second-order valence-corrected chi connectivity index (χ2v) is 8.69. The van der Waals surface area contributed by atoms with Crippen LogP contribution in [0, 0.1) is 13.8 Å². The van der Waals surface area contributed by atoms with Crippen LogP contribution in [-0.4, -0.2) is 62.5 Å². The number of nitrogens with one attached hydrogen (secondary N) is 1. The smallest absolute Gasteiger partial charge is 0.234 e. The standard InChI is InChI=1S/C22H29N7O2S/c1-5-17-7-6-8-18(13-17)29-21(28-9-11-31-12-10-28)24-25-22(29)32-14-19(30)23-20-15(2)26-27(4)16(20)3/h6-8,13H,5,9-12,14H2,1-4H3,(H,23,30). The second kappa shape index (κ2) is 9.74. The summed E-state index contributed by atoms with van der Waals surface area (Å²) >= 11 is 1.38. The molecule has 0 unspecified atom stereocenters. The van der Waals surface area contributed by atoms with E-state index in [1.165, 1.54) is 17.3 Å². The van der Waals surface area contributed by atoms with Crippen molar-refractivity contribution in [2.45, 2.75) is 32.3 Å². The van der Waals surface area contributed by atoms with Crippen molar-refractivity contribution >= 4 is 29.3 Å². The molecule has 1 aromatic carbocycles. The lowest BCUT2D eigenvalue weighted by Gasteiger charge is -2.28. The number of hydrogen-bond donors (Lipinski definition) is 1. The van der Waals surface area contributed by atoms with Crippen LogP contribution in [0.2, 0.25) is 0 Å². The summed E-state index contributed by atoms with van der Waals surface area (Å²) in [5.74, 6) is 0.907. The number of benzene rings is 1. The Labute approximate surface area is 192 Å². The number of carbonyl (C=O) groups is 1. The molecule has 10 heteroatoms. The van der Waals surface area contributed by atoms with E-state index in [-0.39, 0.29) is 11.7 Å². The number of rotatable bonds is 7. The molecule has 3 heterocycles. The van der Waals surface area contributed by atoms with Gasteiger partial charge in [-0.25, -0.2) is 0 Å². The number of carbonyl (C=O) groups excluding carboxylic acids is 1. The number of morpholine rings is 1. The molecule has 1 aliphatic rings. The number of ether oxygens (including phenoxy) is 1. The molecule has 0 spiro atoms. The summed E-state index contributed by atoms with van der Waals surface area (Å²) in [5.41, 5.74) is 4.73. The summed E-state index contributed by atoms with van der Waals surface area (Å²) in [4.78, 5) is 14.9. The number of aromatic nitrogens is 5. The van der Waals surface area contributed by atoms with Crippen LogP contribution in [0.3, 0.4) is 0 Å². The van der Waals surface area contributed by atoms with Crippen LogP contribution >= 0.6 is 11.8 Å². The minimum atomic E-state index is -0.0982. The van der Waals surface area contributed by atoms with Crippen molar-refractivity contribution in [1.29, 1.82) is 0 Å². The third-order valence-corrected chi connectivity index (χ3v) is 6.52. The summed E-state index contributed by atoms with van der Waals surface area (Å²) in [6, 6.07) is 8.37. The number of anilines is 2. The van der Waals surface area contributed by atoms with Gasteiger partial charge in [-0.1, -0.05) is 30.8 Å². The highest BCUT2D eigenvalue weighted by Crippen LogP contribution is 2.28. The highest BCUT2D eigenvalue weighted by Gasteiger charge is 2.23. The molecule has 0 bridgehead atoms. The highest BCUT2D eigenvalue weighted by atomic mass is 32.2. The first-order valence-electron chi connectivity index (χ1n) is 10.8. The largest absolute Gasteiger partial charge is 0.378 e. The minimum absolute atomic E-state index is 0.0982. The minimum Gasteiger partial charge on any atom is -0.378 e. The molecule has 9 nitrogen and oxygen atoms in total. The van der Waals surface area contributed by atoms with Crippen molar-refractivity contribution in [2.24, 2.45) is 7.05 Å². The Morgan fingerprint density at radius 2 is 2.00 bits per heavy atom. The maximum absolute atomic E-state index is 12.7. The van der Waals surface area contributed by atoms with Crippen molar-refractivity contribution in [3.8, 4) is 5.69 Å². The zero-order chi connectivity index (χ0) is 22.7. The maximum Gasteiger partial charge on any atom is 0.234 e.